The Bertz CT molecular complexity index is 558. The van der Waals surface area contributed by atoms with E-state index in [1.165, 1.54) is 6.07 Å². The third kappa shape index (κ3) is 2.47. The van der Waals surface area contributed by atoms with E-state index >= 15 is 0 Å². The van der Waals surface area contributed by atoms with E-state index in [9.17, 15) is 4.39 Å². The number of rotatable bonds is 3. The normalized spacial score (nSPS) is 11.2. The van der Waals surface area contributed by atoms with E-state index in [4.69, 9.17) is 4.74 Å². The standard InChI is InChI=1S/C15H15FO/c1-3-5-11-6-7-12-9-13(17-4-2)10-15(16)14(12)8-11/h3,5-10H,4H2,1-2H3. The molecule has 1 nitrogen and oxygen atoms in total. The molecule has 88 valence electrons. The second-order valence-electron chi connectivity index (χ2n) is 3.82. The lowest BCUT2D eigenvalue weighted by Crippen LogP contribution is -1.92. The molecule has 0 aromatic heterocycles. The van der Waals surface area contributed by atoms with Crippen LogP contribution in [0.2, 0.25) is 0 Å². The minimum atomic E-state index is -0.239. The van der Waals surface area contributed by atoms with E-state index in [1.54, 1.807) is 0 Å². The van der Waals surface area contributed by atoms with Gasteiger partial charge in [0.05, 0.1) is 6.61 Å². The second-order valence-corrected chi connectivity index (χ2v) is 3.82. The van der Waals surface area contributed by atoms with Crippen LogP contribution in [0.5, 0.6) is 5.75 Å². The molecule has 2 heteroatoms. The molecule has 0 heterocycles. The predicted molar refractivity (Wildman–Crippen MR) is 69.8 cm³/mol. The molecule has 0 aliphatic rings. The molecule has 0 aliphatic heterocycles. The summed E-state index contributed by atoms with van der Waals surface area (Å²) in [7, 11) is 0. The molecule has 0 saturated heterocycles. The van der Waals surface area contributed by atoms with Gasteiger partial charge in [0.2, 0.25) is 0 Å². The van der Waals surface area contributed by atoms with Crippen LogP contribution in [-0.2, 0) is 0 Å². The van der Waals surface area contributed by atoms with Crippen molar-refractivity contribution in [1.29, 1.82) is 0 Å². The number of hydrogen-bond donors (Lipinski definition) is 0. The van der Waals surface area contributed by atoms with Crippen molar-refractivity contribution < 1.29 is 9.13 Å². The van der Waals surface area contributed by atoms with Crippen LogP contribution in [0, 0.1) is 5.82 Å². The maximum absolute atomic E-state index is 13.9. The highest BCUT2D eigenvalue weighted by Crippen LogP contribution is 2.25. The summed E-state index contributed by atoms with van der Waals surface area (Å²) in [6, 6.07) is 9.03. The third-order valence-electron chi connectivity index (χ3n) is 2.57. The van der Waals surface area contributed by atoms with Gasteiger partial charge in [-0.1, -0.05) is 24.3 Å². The largest absolute Gasteiger partial charge is 0.494 e. The first kappa shape index (κ1) is 11.6. The molecule has 0 aliphatic carbocycles. The fraction of sp³-hybridized carbons (Fsp3) is 0.200. The molecule has 0 saturated carbocycles. The van der Waals surface area contributed by atoms with Gasteiger partial charge in [-0.05, 0) is 36.9 Å². The molecule has 17 heavy (non-hydrogen) atoms. The molecule has 0 spiro atoms. The lowest BCUT2D eigenvalue weighted by molar-refractivity contribution is 0.339. The van der Waals surface area contributed by atoms with Crippen molar-refractivity contribution in [1.82, 2.24) is 0 Å². The van der Waals surface area contributed by atoms with Gasteiger partial charge < -0.3 is 4.74 Å². The summed E-state index contributed by atoms with van der Waals surface area (Å²) in [5.41, 5.74) is 1.00. The van der Waals surface area contributed by atoms with Gasteiger partial charge in [0.15, 0.2) is 0 Å². The molecule has 0 amide bonds. The fourth-order valence-corrected chi connectivity index (χ4v) is 1.85. The maximum Gasteiger partial charge on any atom is 0.134 e. The van der Waals surface area contributed by atoms with Crippen molar-refractivity contribution in [3.8, 4) is 5.75 Å². The molecular weight excluding hydrogens is 215 g/mol. The van der Waals surface area contributed by atoms with Crippen LogP contribution in [0.15, 0.2) is 36.4 Å². The molecule has 2 aromatic carbocycles. The maximum atomic E-state index is 13.9. The zero-order valence-electron chi connectivity index (χ0n) is 10.0. The molecule has 0 fully saturated rings. The molecular formula is C15H15FO. The molecule has 0 atom stereocenters. The topological polar surface area (TPSA) is 9.23 Å². The van der Waals surface area contributed by atoms with Crippen molar-refractivity contribution in [2.24, 2.45) is 0 Å². The van der Waals surface area contributed by atoms with Crippen LogP contribution >= 0.6 is 0 Å². The first-order valence-corrected chi connectivity index (χ1v) is 5.73. The van der Waals surface area contributed by atoms with Crippen LogP contribution in [0.4, 0.5) is 4.39 Å². The number of ether oxygens (including phenoxy) is 1. The molecule has 2 aromatic rings. The first-order chi connectivity index (χ1) is 8.24. The van der Waals surface area contributed by atoms with Gasteiger partial charge in [0.25, 0.3) is 0 Å². The highest BCUT2D eigenvalue weighted by atomic mass is 19.1. The van der Waals surface area contributed by atoms with E-state index in [0.29, 0.717) is 17.7 Å². The highest BCUT2D eigenvalue weighted by molar-refractivity contribution is 5.86. The Morgan fingerprint density at radius 2 is 2.06 bits per heavy atom. The van der Waals surface area contributed by atoms with Crippen LogP contribution in [-0.4, -0.2) is 6.61 Å². The van der Waals surface area contributed by atoms with Gasteiger partial charge in [-0.15, -0.1) is 0 Å². The van der Waals surface area contributed by atoms with Crippen molar-refractivity contribution >= 4 is 16.8 Å². The third-order valence-corrected chi connectivity index (χ3v) is 2.57. The van der Waals surface area contributed by atoms with Gasteiger partial charge >= 0.3 is 0 Å². The summed E-state index contributed by atoms with van der Waals surface area (Å²) in [5, 5.41) is 1.49. The molecule has 0 radical (unpaired) electrons. The first-order valence-electron chi connectivity index (χ1n) is 5.73. The quantitative estimate of drug-likeness (QED) is 0.758. The lowest BCUT2D eigenvalue weighted by atomic mass is 10.1. The average Bonchev–Trinajstić information content (AvgIpc) is 2.31. The summed E-state index contributed by atoms with van der Waals surface area (Å²) in [6.45, 7) is 4.37. The van der Waals surface area contributed by atoms with Crippen molar-refractivity contribution in [3.05, 3.63) is 47.8 Å². The van der Waals surface area contributed by atoms with Crippen LogP contribution in [0.1, 0.15) is 19.4 Å². The molecule has 0 bridgehead atoms. The average molecular weight is 230 g/mol. The number of fused-ring (bicyclic) bond motifs is 1. The highest BCUT2D eigenvalue weighted by Gasteiger charge is 2.04. The van der Waals surface area contributed by atoms with Gasteiger partial charge in [-0.2, -0.15) is 0 Å². The van der Waals surface area contributed by atoms with Gasteiger partial charge in [0.1, 0.15) is 11.6 Å². The number of hydrogen-bond acceptors (Lipinski definition) is 1. The number of benzene rings is 2. The number of allylic oxidation sites excluding steroid dienone is 1. The predicted octanol–water partition coefficient (Wildman–Crippen LogP) is 4.41. The summed E-state index contributed by atoms with van der Waals surface area (Å²) in [4.78, 5) is 0. The lowest BCUT2D eigenvalue weighted by Gasteiger charge is -2.06. The van der Waals surface area contributed by atoms with E-state index in [1.807, 2.05) is 50.3 Å². The minimum Gasteiger partial charge on any atom is -0.494 e. The Hall–Kier alpha value is -1.83. The SMILES string of the molecule is CC=Cc1ccc2cc(OCC)cc(F)c2c1. The summed E-state index contributed by atoms with van der Waals surface area (Å²) in [5.74, 6) is 0.341. The summed E-state index contributed by atoms with van der Waals surface area (Å²) < 4.78 is 19.2. The zero-order valence-corrected chi connectivity index (χ0v) is 10.0. The van der Waals surface area contributed by atoms with E-state index in [2.05, 4.69) is 0 Å². The Morgan fingerprint density at radius 3 is 2.76 bits per heavy atom. The van der Waals surface area contributed by atoms with Crippen molar-refractivity contribution in [2.75, 3.05) is 6.61 Å². The van der Waals surface area contributed by atoms with Crippen LogP contribution in [0.3, 0.4) is 0 Å². The molecule has 0 N–H and O–H groups in total. The monoisotopic (exact) mass is 230 g/mol. The van der Waals surface area contributed by atoms with Crippen molar-refractivity contribution in [3.63, 3.8) is 0 Å². The Balaban J connectivity index is 2.56. The zero-order chi connectivity index (χ0) is 12.3. The fourth-order valence-electron chi connectivity index (χ4n) is 1.85. The van der Waals surface area contributed by atoms with Gasteiger partial charge in [-0.3, -0.25) is 0 Å². The summed E-state index contributed by atoms with van der Waals surface area (Å²) >= 11 is 0. The van der Waals surface area contributed by atoms with E-state index < -0.39 is 0 Å². The molecule has 2 rings (SSSR count). The van der Waals surface area contributed by atoms with Gasteiger partial charge in [-0.25, -0.2) is 4.39 Å². The summed E-state index contributed by atoms with van der Waals surface area (Å²) in [6.07, 6.45) is 3.89. The number of halogens is 1. The van der Waals surface area contributed by atoms with Crippen molar-refractivity contribution in [2.45, 2.75) is 13.8 Å². The molecule has 0 unspecified atom stereocenters. The smallest absolute Gasteiger partial charge is 0.134 e. The van der Waals surface area contributed by atoms with Crippen LogP contribution < -0.4 is 4.74 Å². The minimum absolute atomic E-state index is 0.239. The second kappa shape index (κ2) is 5.00. The Kier molecular flexibility index (Phi) is 3.43. The Morgan fingerprint density at radius 1 is 1.24 bits per heavy atom. The van der Waals surface area contributed by atoms with Gasteiger partial charge in [0, 0.05) is 11.5 Å². The Labute approximate surface area is 101 Å². The van der Waals surface area contributed by atoms with E-state index in [-0.39, 0.29) is 5.82 Å². The van der Waals surface area contributed by atoms with Crippen LogP contribution in [0.25, 0.3) is 16.8 Å². The van der Waals surface area contributed by atoms with E-state index in [0.717, 1.165) is 10.9 Å².